The third-order valence-electron chi connectivity index (χ3n) is 1.98. The third kappa shape index (κ3) is 4.56. The van der Waals surface area contributed by atoms with Gasteiger partial charge in [0.2, 0.25) is 0 Å². The van der Waals surface area contributed by atoms with Crippen LogP contribution in [0.2, 0.25) is 0 Å². The van der Waals surface area contributed by atoms with Gasteiger partial charge in [0.25, 0.3) is 0 Å². The van der Waals surface area contributed by atoms with Gasteiger partial charge in [0.05, 0.1) is 12.1 Å². The molecular formula is C10H12F3N3S. The Balaban J connectivity index is 2.78. The molecule has 17 heavy (non-hydrogen) atoms. The molecule has 0 aliphatic rings. The smallest absolute Gasteiger partial charge is 0.388 e. The Labute approximate surface area is 102 Å². The summed E-state index contributed by atoms with van der Waals surface area (Å²) >= 11 is 4.77. The van der Waals surface area contributed by atoms with Crippen LogP contribution in [0.15, 0.2) is 18.3 Å². The first-order valence-corrected chi connectivity index (χ1v) is 5.28. The molecule has 0 saturated carbocycles. The summed E-state index contributed by atoms with van der Waals surface area (Å²) in [4.78, 5) is 3.97. The highest BCUT2D eigenvalue weighted by molar-refractivity contribution is 7.80. The maximum atomic E-state index is 12.2. The summed E-state index contributed by atoms with van der Waals surface area (Å²) in [7, 11) is 0. The van der Waals surface area contributed by atoms with Gasteiger partial charge in [-0.15, -0.1) is 0 Å². The van der Waals surface area contributed by atoms with Crippen molar-refractivity contribution in [2.24, 2.45) is 5.73 Å². The lowest BCUT2D eigenvalue weighted by atomic mass is 10.2. The Morgan fingerprint density at radius 3 is 2.76 bits per heavy atom. The van der Waals surface area contributed by atoms with E-state index in [1.807, 2.05) is 0 Å². The van der Waals surface area contributed by atoms with Crippen molar-refractivity contribution in [3.8, 4) is 0 Å². The monoisotopic (exact) mass is 263 g/mol. The molecule has 1 rings (SSSR count). The first-order chi connectivity index (χ1) is 7.79. The molecule has 1 aromatic rings. The van der Waals surface area contributed by atoms with Gasteiger partial charge in [-0.05, 0) is 19.1 Å². The molecule has 1 atom stereocenters. The lowest BCUT2D eigenvalue weighted by Gasteiger charge is -2.18. The number of nitrogens with zero attached hydrogens (tertiary/aromatic N) is 1. The Morgan fingerprint density at radius 1 is 1.59 bits per heavy atom. The number of hydrogen-bond acceptors (Lipinski definition) is 3. The normalized spacial score (nSPS) is 13.2. The quantitative estimate of drug-likeness (QED) is 0.819. The lowest BCUT2D eigenvalue weighted by Crippen LogP contribution is -2.25. The molecule has 1 unspecified atom stereocenters. The first kappa shape index (κ1) is 13.7. The Bertz CT molecular complexity index is 406. The molecule has 0 amide bonds. The molecular weight excluding hydrogens is 251 g/mol. The highest BCUT2D eigenvalue weighted by atomic mass is 32.1. The number of alkyl halides is 3. The van der Waals surface area contributed by atoms with Crippen LogP contribution in [0.5, 0.6) is 0 Å². The predicted octanol–water partition coefficient (Wildman–Crippen LogP) is 2.47. The summed E-state index contributed by atoms with van der Waals surface area (Å²) < 4.78 is 36.5. The minimum absolute atomic E-state index is 0.0484. The van der Waals surface area contributed by atoms with E-state index in [4.69, 9.17) is 18.0 Å². The van der Waals surface area contributed by atoms with Gasteiger partial charge < -0.3 is 11.1 Å². The van der Waals surface area contributed by atoms with Crippen LogP contribution in [-0.2, 0) is 0 Å². The molecule has 0 fully saturated rings. The fraction of sp³-hybridized carbons (Fsp3) is 0.400. The number of anilines is 1. The first-order valence-electron chi connectivity index (χ1n) is 4.87. The van der Waals surface area contributed by atoms with E-state index in [2.05, 4.69) is 10.3 Å². The van der Waals surface area contributed by atoms with Crippen LogP contribution >= 0.6 is 12.2 Å². The number of hydrogen-bond donors (Lipinski definition) is 2. The summed E-state index contributed by atoms with van der Waals surface area (Å²) in [5, 5.41) is 2.70. The number of aromatic nitrogens is 1. The zero-order valence-corrected chi connectivity index (χ0v) is 9.90. The van der Waals surface area contributed by atoms with Crippen LogP contribution in [0.4, 0.5) is 18.9 Å². The minimum Gasteiger partial charge on any atom is -0.388 e. The zero-order chi connectivity index (χ0) is 13.1. The van der Waals surface area contributed by atoms with E-state index >= 15 is 0 Å². The maximum absolute atomic E-state index is 12.2. The Morgan fingerprint density at radius 2 is 2.24 bits per heavy atom. The number of thiocarbonyl (C=S) groups is 1. The molecule has 0 bridgehead atoms. The highest BCUT2D eigenvalue weighted by Crippen LogP contribution is 2.23. The SMILES string of the molecule is CC(CC(F)(F)F)Nc1cccnc1C(N)=S. The average molecular weight is 263 g/mol. The van der Waals surface area contributed by atoms with Crippen molar-refractivity contribution < 1.29 is 13.2 Å². The zero-order valence-electron chi connectivity index (χ0n) is 9.08. The van der Waals surface area contributed by atoms with Gasteiger partial charge in [0.15, 0.2) is 0 Å². The van der Waals surface area contributed by atoms with Crippen LogP contribution in [0.1, 0.15) is 19.0 Å². The van der Waals surface area contributed by atoms with Crippen molar-refractivity contribution in [3.05, 3.63) is 24.0 Å². The van der Waals surface area contributed by atoms with Gasteiger partial charge in [-0.25, -0.2) is 0 Å². The minimum atomic E-state index is -4.21. The summed E-state index contributed by atoms with van der Waals surface area (Å²) in [6.45, 7) is 1.43. The molecule has 94 valence electrons. The number of nitrogens with two attached hydrogens (primary N) is 1. The van der Waals surface area contributed by atoms with E-state index in [1.54, 1.807) is 12.1 Å². The summed E-state index contributed by atoms with van der Waals surface area (Å²) in [6, 6.07) is 2.42. The fourth-order valence-electron chi connectivity index (χ4n) is 1.38. The van der Waals surface area contributed by atoms with Gasteiger partial charge >= 0.3 is 6.18 Å². The van der Waals surface area contributed by atoms with E-state index in [9.17, 15) is 13.2 Å². The fourth-order valence-corrected chi connectivity index (χ4v) is 1.54. The standard InChI is InChI=1S/C10H12F3N3S/c1-6(5-10(11,12)13)16-7-3-2-4-15-8(7)9(14)17/h2-4,6,16H,5H2,1H3,(H2,14,17). The summed E-state index contributed by atoms with van der Waals surface area (Å²) in [5.41, 5.74) is 6.14. The Hall–Kier alpha value is -1.37. The Kier molecular flexibility index (Phi) is 4.28. The van der Waals surface area contributed by atoms with Crippen molar-refractivity contribution in [2.45, 2.75) is 25.6 Å². The second kappa shape index (κ2) is 5.31. The van der Waals surface area contributed by atoms with Gasteiger partial charge in [0, 0.05) is 12.2 Å². The molecule has 3 N–H and O–H groups in total. The molecule has 0 radical (unpaired) electrons. The molecule has 1 heterocycles. The summed E-state index contributed by atoms with van der Waals surface area (Å²) in [6.07, 6.45) is -3.66. The van der Waals surface area contributed by atoms with E-state index in [0.717, 1.165) is 0 Å². The second-order valence-corrected chi connectivity index (χ2v) is 4.07. The van der Waals surface area contributed by atoms with Gasteiger partial charge in [-0.1, -0.05) is 12.2 Å². The van der Waals surface area contributed by atoms with Crippen LogP contribution in [0.3, 0.4) is 0 Å². The van der Waals surface area contributed by atoms with E-state index in [-0.39, 0.29) is 4.99 Å². The third-order valence-corrected chi connectivity index (χ3v) is 2.17. The van der Waals surface area contributed by atoms with Gasteiger partial charge in [0.1, 0.15) is 10.7 Å². The van der Waals surface area contributed by atoms with Crippen molar-refractivity contribution in [1.82, 2.24) is 4.98 Å². The lowest BCUT2D eigenvalue weighted by molar-refractivity contribution is -0.136. The maximum Gasteiger partial charge on any atom is 0.391 e. The van der Waals surface area contributed by atoms with Gasteiger partial charge in [-0.2, -0.15) is 13.2 Å². The molecule has 1 aromatic heterocycles. The number of rotatable bonds is 4. The molecule has 0 spiro atoms. The van der Waals surface area contributed by atoms with Crippen LogP contribution < -0.4 is 11.1 Å². The van der Waals surface area contributed by atoms with Crippen molar-refractivity contribution >= 4 is 22.9 Å². The topological polar surface area (TPSA) is 50.9 Å². The van der Waals surface area contributed by atoms with Crippen LogP contribution in [0.25, 0.3) is 0 Å². The van der Waals surface area contributed by atoms with Crippen LogP contribution in [-0.4, -0.2) is 22.2 Å². The molecule has 0 aliphatic heterocycles. The van der Waals surface area contributed by atoms with Crippen LogP contribution in [0, 0.1) is 0 Å². The second-order valence-electron chi connectivity index (χ2n) is 3.63. The molecule has 0 aliphatic carbocycles. The highest BCUT2D eigenvalue weighted by Gasteiger charge is 2.30. The molecule has 7 heteroatoms. The molecule has 0 saturated heterocycles. The number of halogens is 3. The van der Waals surface area contributed by atoms with Gasteiger partial charge in [-0.3, -0.25) is 4.98 Å². The summed E-state index contributed by atoms with van der Waals surface area (Å²) in [5.74, 6) is 0. The van der Waals surface area contributed by atoms with E-state index in [1.165, 1.54) is 13.1 Å². The predicted molar refractivity (Wildman–Crippen MR) is 63.9 cm³/mol. The largest absolute Gasteiger partial charge is 0.391 e. The number of nitrogens with one attached hydrogen (secondary N) is 1. The number of pyridine rings is 1. The molecule has 0 aromatic carbocycles. The molecule has 3 nitrogen and oxygen atoms in total. The van der Waals surface area contributed by atoms with Crippen molar-refractivity contribution in [1.29, 1.82) is 0 Å². The van der Waals surface area contributed by atoms with Crippen molar-refractivity contribution in [2.75, 3.05) is 5.32 Å². The average Bonchev–Trinajstić information content (AvgIpc) is 2.14. The van der Waals surface area contributed by atoms with E-state index < -0.39 is 18.6 Å². The van der Waals surface area contributed by atoms with E-state index in [0.29, 0.717) is 11.4 Å². The van der Waals surface area contributed by atoms with Crippen molar-refractivity contribution in [3.63, 3.8) is 0 Å².